The fraction of sp³-hybridized carbons (Fsp3) is 0.467. The highest BCUT2D eigenvalue weighted by Crippen LogP contribution is 2.36. The van der Waals surface area contributed by atoms with E-state index in [4.69, 9.17) is 10.5 Å². The molecule has 2 aromatic rings. The van der Waals surface area contributed by atoms with Crippen LogP contribution in [0.2, 0.25) is 0 Å². The lowest BCUT2D eigenvalue weighted by molar-refractivity contribution is -0.134. The summed E-state index contributed by atoms with van der Waals surface area (Å²) >= 11 is 1.66. The van der Waals surface area contributed by atoms with Crippen LogP contribution in [-0.4, -0.2) is 42.1 Å². The van der Waals surface area contributed by atoms with Crippen molar-refractivity contribution in [2.75, 3.05) is 20.3 Å². The maximum Gasteiger partial charge on any atom is 0.242 e. The molecule has 21 heavy (non-hydrogen) atoms. The van der Waals surface area contributed by atoms with Gasteiger partial charge in [0.1, 0.15) is 11.0 Å². The number of nitrogens with zero attached hydrogens (tertiary/aromatic N) is 2. The van der Waals surface area contributed by atoms with Gasteiger partial charge in [0.15, 0.2) is 0 Å². The molecule has 5 nitrogen and oxygen atoms in total. The number of benzene rings is 1. The molecule has 1 amide bonds. The molecule has 2 N–H and O–H groups in total. The average molecular weight is 305 g/mol. The second kappa shape index (κ2) is 6.09. The van der Waals surface area contributed by atoms with Crippen molar-refractivity contribution in [3.63, 3.8) is 0 Å². The Bertz CT molecular complexity index is 610. The number of methoxy groups -OCH3 is 1. The van der Waals surface area contributed by atoms with Crippen molar-refractivity contribution in [1.82, 2.24) is 9.88 Å². The van der Waals surface area contributed by atoms with Gasteiger partial charge < -0.3 is 15.4 Å². The number of carbonyl (C=O) groups excluding carboxylic acids is 1. The Balaban J connectivity index is 1.84. The third-order valence-corrected chi connectivity index (χ3v) is 4.93. The number of rotatable bonds is 4. The van der Waals surface area contributed by atoms with E-state index in [0.717, 1.165) is 34.6 Å². The van der Waals surface area contributed by atoms with Crippen LogP contribution < -0.4 is 5.73 Å². The van der Waals surface area contributed by atoms with E-state index in [1.54, 1.807) is 18.4 Å². The van der Waals surface area contributed by atoms with Crippen LogP contribution in [0, 0.1) is 0 Å². The molecule has 1 aliphatic heterocycles. The molecule has 1 aromatic carbocycles. The molecule has 6 heteroatoms. The zero-order chi connectivity index (χ0) is 14.8. The van der Waals surface area contributed by atoms with Crippen molar-refractivity contribution in [2.24, 2.45) is 5.73 Å². The molecule has 3 rings (SSSR count). The van der Waals surface area contributed by atoms with E-state index in [0.29, 0.717) is 0 Å². The number of amides is 1. The third kappa shape index (κ3) is 2.79. The van der Waals surface area contributed by atoms with Crippen LogP contribution in [0.3, 0.4) is 0 Å². The van der Waals surface area contributed by atoms with Gasteiger partial charge in [-0.3, -0.25) is 4.79 Å². The van der Waals surface area contributed by atoms with Gasteiger partial charge in [-0.25, -0.2) is 4.98 Å². The molecule has 1 aromatic heterocycles. The lowest BCUT2D eigenvalue weighted by atomic mass is 10.2. The Labute approximate surface area is 127 Å². The maximum absolute atomic E-state index is 12.4. The number of fused-ring (bicyclic) bond motifs is 1. The van der Waals surface area contributed by atoms with E-state index in [1.807, 2.05) is 23.1 Å². The smallest absolute Gasteiger partial charge is 0.242 e. The summed E-state index contributed by atoms with van der Waals surface area (Å²) in [6, 6.07) is 7.53. The van der Waals surface area contributed by atoms with Crippen molar-refractivity contribution in [1.29, 1.82) is 0 Å². The second-order valence-corrected chi connectivity index (χ2v) is 6.33. The quantitative estimate of drug-likeness (QED) is 0.937. The first kappa shape index (κ1) is 14.4. The molecule has 1 aliphatic rings. The van der Waals surface area contributed by atoms with Crippen molar-refractivity contribution in [3.05, 3.63) is 29.3 Å². The zero-order valence-electron chi connectivity index (χ0n) is 12.0. The molecule has 0 aliphatic carbocycles. The highest BCUT2D eigenvalue weighted by molar-refractivity contribution is 7.18. The summed E-state index contributed by atoms with van der Waals surface area (Å²) in [6.45, 7) is 0.999. The largest absolute Gasteiger partial charge is 0.383 e. The Morgan fingerprint density at radius 1 is 1.57 bits per heavy atom. The number of aromatic nitrogens is 1. The monoisotopic (exact) mass is 305 g/mol. The fourth-order valence-corrected chi connectivity index (χ4v) is 3.90. The molecule has 0 spiro atoms. The second-order valence-electron chi connectivity index (χ2n) is 5.27. The van der Waals surface area contributed by atoms with E-state index >= 15 is 0 Å². The minimum Gasteiger partial charge on any atom is -0.383 e. The number of carbonyl (C=O) groups is 1. The van der Waals surface area contributed by atoms with Gasteiger partial charge in [0.2, 0.25) is 5.91 Å². The molecular weight excluding hydrogens is 286 g/mol. The Hall–Kier alpha value is -1.50. The third-order valence-electron chi connectivity index (χ3n) is 3.79. The summed E-state index contributed by atoms with van der Waals surface area (Å²) in [5.41, 5.74) is 6.89. The first-order valence-electron chi connectivity index (χ1n) is 7.11. The van der Waals surface area contributed by atoms with Gasteiger partial charge in [-0.1, -0.05) is 12.1 Å². The molecule has 1 fully saturated rings. The Morgan fingerprint density at radius 3 is 3.14 bits per heavy atom. The van der Waals surface area contributed by atoms with Gasteiger partial charge in [-0.2, -0.15) is 0 Å². The summed E-state index contributed by atoms with van der Waals surface area (Å²) in [6.07, 6.45) is 1.94. The number of hydrogen-bond donors (Lipinski definition) is 1. The highest BCUT2D eigenvalue weighted by atomic mass is 32.1. The van der Waals surface area contributed by atoms with Crippen LogP contribution >= 0.6 is 11.3 Å². The van der Waals surface area contributed by atoms with E-state index < -0.39 is 6.04 Å². The molecule has 2 heterocycles. The van der Waals surface area contributed by atoms with Crippen molar-refractivity contribution in [2.45, 2.75) is 24.9 Å². The normalized spacial score (nSPS) is 20.1. The topological polar surface area (TPSA) is 68.5 Å². The van der Waals surface area contributed by atoms with Crippen LogP contribution in [0.15, 0.2) is 24.3 Å². The fourth-order valence-electron chi connectivity index (χ4n) is 2.78. The molecule has 2 atom stereocenters. The molecule has 2 unspecified atom stereocenters. The number of thiazole rings is 1. The van der Waals surface area contributed by atoms with Crippen LogP contribution in [0.4, 0.5) is 0 Å². The number of ether oxygens (including phenoxy) is 1. The first-order valence-corrected chi connectivity index (χ1v) is 7.93. The van der Waals surface area contributed by atoms with Crippen molar-refractivity contribution >= 4 is 27.5 Å². The molecule has 0 bridgehead atoms. The van der Waals surface area contributed by atoms with Crippen LogP contribution in [-0.2, 0) is 9.53 Å². The number of para-hydroxylation sites is 1. The van der Waals surface area contributed by atoms with E-state index in [-0.39, 0.29) is 18.6 Å². The number of nitrogens with two attached hydrogens (primary N) is 1. The Kier molecular flexibility index (Phi) is 4.19. The van der Waals surface area contributed by atoms with Gasteiger partial charge in [-0.05, 0) is 25.0 Å². The lowest BCUT2D eigenvalue weighted by Crippen LogP contribution is -2.45. The predicted molar refractivity (Wildman–Crippen MR) is 83.2 cm³/mol. The van der Waals surface area contributed by atoms with Gasteiger partial charge in [0, 0.05) is 13.7 Å². The highest BCUT2D eigenvalue weighted by Gasteiger charge is 2.34. The van der Waals surface area contributed by atoms with Crippen LogP contribution in [0.1, 0.15) is 23.9 Å². The van der Waals surface area contributed by atoms with Gasteiger partial charge in [0.25, 0.3) is 0 Å². The van der Waals surface area contributed by atoms with Crippen molar-refractivity contribution < 1.29 is 9.53 Å². The SMILES string of the molecule is COCC(N)C(=O)N1CCCC1c1nc2ccccc2s1. The predicted octanol–water partition coefficient (Wildman–Crippen LogP) is 1.93. The summed E-state index contributed by atoms with van der Waals surface area (Å²) in [7, 11) is 1.56. The first-order chi connectivity index (χ1) is 10.2. The average Bonchev–Trinajstić information content (AvgIpc) is 3.12. The van der Waals surface area contributed by atoms with Crippen molar-refractivity contribution in [3.8, 4) is 0 Å². The van der Waals surface area contributed by atoms with Gasteiger partial charge in [0.05, 0.1) is 22.9 Å². The summed E-state index contributed by atoms with van der Waals surface area (Å²) < 4.78 is 6.15. The lowest BCUT2D eigenvalue weighted by Gasteiger charge is -2.25. The number of likely N-dealkylation sites (tertiary alicyclic amines) is 1. The van der Waals surface area contributed by atoms with E-state index in [1.165, 1.54) is 0 Å². The standard InChI is InChI=1S/C15H19N3O2S/c1-20-9-10(16)15(19)18-8-4-6-12(18)14-17-11-5-2-3-7-13(11)21-14/h2-3,5,7,10,12H,4,6,8-9,16H2,1H3. The Morgan fingerprint density at radius 2 is 2.38 bits per heavy atom. The van der Waals surface area contributed by atoms with Crippen LogP contribution in [0.25, 0.3) is 10.2 Å². The van der Waals surface area contributed by atoms with E-state index in [2.05, 4.69) is 11.1 Å². The molecule has 112 valence electrons. The molecule has 0 radical (unpaired) electrons. The maximum atomic E-state index is 12.4. The molecule has 0 saturated carbocycles. The minimum absolute atomic E-state index is 0.0430. The van der Waals surface area contributed by atoms with E-state index in [9.17, 15) is 4.79 Å². The molecular formula is C15H19N3O2S. The van der Waals surface area contributed by atoms with Crippen LogP contribution in [0.5, 0.6) is 0 Å². The zero-order valence-corrected chi connectivity index (χ0v) is 12.8. The molecule has 1 saturated heterocycles. The minimum atomic E-state index is -0.593. The van der Waals surface area contributed by atoms with Gasteiger partial charge in [-0.15, -0.1) is 11.3 Å². The summed E-state index contributed by atoms with van der Waals surface area (Å²) in [5.74, 6) is -0.0430. The van der Waals surface area contributed by atoms with Gasteiger partial charge >= 0.3 is 0 Å². The number of hydrogen-bond acceptors (Lipinski definition) is 5. The summed E-state index contributed by atoms with van der Waals surface area (Å²) in [5, 5.41) is 1.01. The summed E-state index contributed by atoms with van der Waals surface area (Å²) in [4.78, 5) is 19.0.